The highest BCUT2D eigenvalue weighted by molar-refractivity contribution is 7.80. The molecule has 4 heterocycles. The number of rotatable bonds is 2. The van der Waals surface area contributed by atoms with Crippen LogP contribution in [0.5, 0.6) is 5.88 Å². The summed E-state index contributed by atoms with van der Waals surface area (Å²) in [4.78, 5) is 0. The molecule has 0 fully saturated rings. The van der Waals surface area contributed by atoms with Gasteiger partial charge in [-0.1, -0.05) is 13.3 Å². The number of ether oxygens (including phenoxy) is 1. The van der Waals surface area contributed by atoms with Gasteiger partial charge in [0, 0.05) is 17.6 Å². The number of fused-ring (bicyclic) bond motifs is 5. The van der Waals surface area contributed by atoms with Gasteiger partial charge in [0.25, 0.3) is 0 Å². The zero-order chi connectivity index (χ0) is 13.9. The third-order valence-electron chi connectivity index (χ3n) is 3.95. The van der Waals surface area contributed by atoms with Crippen molar-refractivity contribution in [3.8, 4) is 5.88 Å². The standard InChI is InChI=1S/C14H14N4OS/c1-2-4-7-9-10-8-5-3-6-18(8)12(15)11(10)14(20)19-13(9)17-16-7/h3,5-6,10H,2,4,15H2,1H3,(H,16,17). The second kappa shape index (κ2) is 3.96. The maximum Gasteiger partial charge on any atom is 0.243 e. The zero-order valence-corrected chi connectivity index (χ0v) is 11.8. The van der Waals surface area contributed by atoms with Crippen molar-refractivity contribution >= 4 is 23.1 Å². The van der Waals surface area contributed by atoms with Crippen LogP contribution in [0.3, 0.4) is 0 Å². The van der Waals surface area contributed by atoms with E-state index in [1.54, 1.807) is 0 Å². The lowest BCUT2D eigenvalue weighted by atomic mass is 9.87. The van der Waals surface area contributed by atoms with Crippen molar-refractivity contribution in [2.45, 2.75) is 25.7 Å². The molecule has 20 heavy (non-hydrogen) atoms. The van der Waals surface area contributed by atoms with E-state index in [4.69, 9.17) is 22.7 Å². The molecule has 0 saturated carbocycles. The van der Waals surface area contributed by atoms with E-state index >= 15 is 0 Å². The molecule has 0 aromatic carbocycles. The van der Waals surface area contributed by atoms with Crippen LogP contribution in [0, 0.1) is 0 Å². The van der Waals surface area contributed by atoms with Crippen LogP contribution in [0.1, 0.15) is 36.2 Å². The molecule has 2 aliphatic heterocycles. The summed E-state index contributed by atoms with van der Waals surface area (Å²) in [5.74, 6) is 1.30. The Balaban J connectivity index is 1.98. The van der Waals surface area contributed by atoms with Crippen LogP contribution in [0.25, 0.3) is 5.82 Å². The smallest absolute Gasteiger partial charge is 0.243 e. The van der Waals surface area contributed by atoms with Gasteiger partial charge in [-0.25, -0.2) is 0 Å². The Bertz CT molecular complexity index is 755. The van der Waals surface area contributed by atoms with Crippen molar-refractivity contribution in [3.63, 3.8) is 0 Å². The molecule has 0 spiro atoms. The number of nitrogens with zero attached hydrogens (tertiary/aromatic N) is 2. The molecule has 2 aromatic rings. The molecule has 2 aliphatic rings. The number of H-pyrrole nitrogens is 1. The first kappa shape index (κ1) is 11.7. The van der Waals surface area contributed by atoms with E-state index in [0.717, 1.165) is 35.4 Å². The van der Waals surface area contributed by atoms with E-state index in [2.05, 4.69) is 23.2 Å². The van der Waals surface area contributed by atoms with Gasteiger partial charge in [0.15, 0.2) is 0 Å². The third kappa shape index (κ3) is 1.31. The fourth-order valence-electron chi connectivity index (χ4n) is 3.12. The van der Waals surface area contributed by atoms with Crippen molar-refractivity contribution in [1.82, 2.24) is 14.8 Å². The van der Waals surface area contributed by atoms with Crippen molar-refractivity contribution in [3.05, 3.63) is 40.9 Å². The van der Waals surface area contributed by atoms with E-state index in [9.17, 15) is 0 Å². The largest absolute Gasteiger partial charge is 0.425 e. The average molecular weight is 286 g/mol. The van der Waals surface area contributed by atoms with Crippen LogP contribution in [0.15, 0.2) is 23.9 Å². The zero-order valence-electron chi connectivity index (χ0n) is 11.0. The molecule has 0 aliphatic carbocycles. The molecule has 102 valence electrons. The third-order valence-corrected chi connectivity index (χ3v) is 4.25. The number of aromatic nitrogens is 3. The highest BCUT2D eigenvalue weighted by atomic mass is 32.1. The monoisotopic (exact) mass is 286 g/mol. The van der Waals surface area contributed by atoms with Crippen LogP contribution >= 0.6 is 12.2 Å². The number of aromatic amines is 1. The Morgan fingerprint density at radius 2 is 2.40 bits per heavy atom. The Morgan fingerprint density at radius 1 is 1.55 bits per heavy atom. The summed E-state index contributed by atoms with van der Waals surface area (Å²) < 4.78 is 7.66. The average Bonchev–Trinajstić information content (AvgIpc) is 3.08. The highest BCUT2D eigenvalue weighted by Gasteiger charge is 2.42. The number of hydrogen-bond acceptors (Lipinski definition) is 4. The minimum Gasteiger partial charge on any atom is -0.425 e. The van der Waals surface area contributed by atoms with E-state index < -0.39 is 0 Å². The van der Waals surface area contributed by atoms with Crippen LogP contribution in [0.2, 0.25) is 0 Å². The van der Waals surface area contributed by atoms with E-state index in [1.807, 2.05) is 16.8 Å². The number of hydrogen-bond donors (Lipinski definition) is 2. The van der Waals surface area contributed by atoms with Gasteiger partial charge < -0.3 is 15.0 Å². The molecule has 6 heteroatoms. The van der Waals surface area contributed by atoms with Gasteiger partial charge in [-0.2, -0.15) is 0 Å². The summed E-state index contributed by atoms with van der Waals surface area (Å²) in [7, 11) is 0. The van der Waals surface area contributed by atoms with E-state index in [1.165, 1.54) is 0 Å². The molecular weight excluding hydrogens is 272 g/mol. The summed E-state index contributed by atoms with van der Waals surface area (Å²) in [6.45, 7) is 2.14. The summed E-state index contributed by atoms with van der Waals surface area (Å²) in [6.07, 6.45) is 3.93. The predicted molar refractivity (Wildman–Crippen MR) is 79.5 cm³/mol. The summed E-state index contributed by atoms with van der Waals surface area (Å²) in [5, 5.41) is 7.77. The first-order valence-corrected chi connectivity index (χ1v) is 7.09. The fourth-order valence-corrected chi connectivity index (χ4v) is 3.42. The normalized spacial score (nSPS) is 19.6. The van der Waals surface area contributed by atoms with Gasteiger partial charge in [0.05, 0.1) is 17.1 Å². The van der Waals surface area contributed by atoms with Gasteiger partial charge in [-0.15, -0.1) is 5.10 Å². The van der Waals surface area contributed by atoms with E-state index in [-0.39, 0.29) is 5.92 Å². The minimum atomic E-state index is 0.0431. The molecular formula is C14H14N4OS. The molecule has 4 rings (SSSR count). The van der Waals surface area contributed by atoms with Crippen molar-refractivity contribution < 1.29 is 4.74 Å². The maximum atomic E-state index is 6.23. The summed E-state index contributed by atoms with van der Waals surface area (Å²) in [6, 6.07) is 4.07. The van der Waals surface area contributed by atoms with Gasteiger partial charge in [-0.05, 0) is 30.8 Å². The number of thiocarbonyl (C=S) groups is 1. The number of aryl methyl sites for hydroxylation is 1. The molecule has 2 aromatic heterocycles. The van der Waals surface area contributed by atoms with Gasteiger partial charge in [0.2, 0.25) is 10.9 Å². The molecule has 0 radical (unpaired) electrons. The fraction of sp³-hybridized carbons (Fsp3) is 0.286. The van der Waals surface area contributed by atoms with Crippen LogP contribution in [-0.2, 0) is 6.42 Å². The molecule has 0 amide bonds. The molecule has 1 atom stereocenters. The molecule has 5 nitrogen and oxygen atoms in total. The van der Waals surface area contributed by atoms with Crippen molar-refractivity contribution in [2.24, 2.45) is 5.73 Å². The number of nitrogens with one attached hydrogen (secondary N) is 1. The summed E-state index contributed by atoms with van der Waals surface area (Å²) in [5.41, 5.74) is 10.4. The second-order valence-electron chi connectivity index (χ2n) is 5.10. The summed E-state index contributed by atoms with van der Waals surface area (Å²) >= 11 is 5.36. The maximum absolute atomic E-state index is 6.23. The molecule has 3 N–H and O–H groups in total. The highest BCUT2D eigenvalue weighted by Crippen LogP contribution is 2.48. The van der Waals surface area contributed by atoms with Crippen molar-refractivity contribution in [2.75, 3.05) is 0 Å². The molecule has 0 saturated heterocycles. The topological polar surface area (TPSA) is 68.9 Å². The van der Waals surface area contributed by atoms with Crippen LogP contribution in [0.4, 0.5) is 0 Å². The van der Waals surface area contributed by atoms with Gasteiger partial charge in [-0.3, -0.25) is 5.10 Å². The lowest BCUT2D eigenvalue weighted by molar-refractivity contribution is 0.513. The van der Waals surface area contributed by atoms with Crippen LogP contribution < -0.4 is 10.5 Å². The Morgan fingerprint density at radius 3 is 3.20 bits per heavy atom. The quantitative estimate of drug-likeness (QED) is 0.830. The SMILES string of the molecule is CCCc1[nH]nc2c1C1C(=C(N)n3cccc31)C(=S)O2. The first-order chi connectivity index (χ1) is 9.72. The van der Waals surface area contributed by atoms with Gasteiger partial charge in [0.1, 0.15) is 5.82 Å². The van der Waals surface area contributed by atoms with Crippen LogP contribution in [-0.4, -0.2) is 19.8 Å². The van der Waals surface area contributed by atoms with Crippen molar-refractivity contribution in [1.29, 1.82) is 0 Å². The first-order valence-electron chi connectivity index (χ1n) is 6.69. The Labute approximate surface area is 121 Å². The Kier molecular flexibility index (Phi) is 2.32. The second-order valence-corrected chi connectivity index (χ2v) is 5.47. The number of nitrogens with two attached hydrogens (primary N) is 1. The lowest BCUT2D eigenvalue weighted by Gasteiger charge is -2.22. The Hall–Kier alpha value is -2.08. The minimum absolute atomic E-state index is 0.0431. The molecule has 0 bridgehead atoms. The van der Waals surface area contributed by atoms with E-state index in [0.29, 0.717) is 16.8 Å². The predicted octanol–water partition coefficient (Wildman–Crippen LogP) is 2.16. The van der Waals surface area contributed by atoms with Gasteiger partial charge >= 0.3 is 0 Å². The molecule has 1 unspecified atom stereocenters. The lowest BCUT2D eigenvalue weighted by Crippen LogP contribution is -2.22.